The molecule has 0 spiro atoms. The van der Waals surface area contributed by atoms with Gasteiger partial charge in [-0.25, -0.2) is 0 Å². The first-order valence-corrected chi connectivity index (χ1v) is 6.17. The summed E-state index contributed by atoms with van der Waals surface area (Å²) in [6.45, 7) is 11.2. The van der Waals surface area contributed by atoms with E-state index in [0.717, 1.165) is 12.8 Å². The fourth-order valence-electron chi connectivity index (χ4n) is 1.10. The van der Waals surface area contributed by atoms with Crippen molar-refractivity contribution in [3.05, 3.63) is 0 Å². The van der Waals surface area contributed by atoms with Gasteiger partial charge in [-0.05, 0) is 31.6 Å². The molecule has 0 unspecified atom stereocenters. The second-order valence-electron chi connectivity index (χ2n) is 5.05. The van der Waals surface area contributed by atoms with E-state index in [1.54, 1.807) is 0 Å². The highest BCUT2D eigenvalue weighted by Gasteiger charge is 2.15. The Balaban J connectivity index is 3.76. The summed E-state index contributed by atoms with van der Waals surface area (Å²) >= 11 is 0. The largest absolute Gasteiger partial charge is 0.346 e. The van der Waals surface area contributed by atoms with Crippen molar-refractivity contribution in [1.82, 2.24) is 0 Å². The van der Waals surface area contributed by atoms with E-state index in [1.165, 1.54) is 6.92 Å². The molecule has 0 rings (SSSR count). The number of hydrogen-bond donors (Lipinski definition) is 0. The minimum Gasteiger partial charge on any atom is -0.346 e. The van der Waals surface area contributed by atoms with Crippen molar-refractivity contribution in [2.75, 3.05) is 13.2 Å². The molecular weight excluding hydrogens is 204 g/mol. The van der Waals surface area contributed by atoms with Crippen molar-refractivity contribution in [2.45, 2.75) is 53.8 Å². The molecule has 0 heterocycles. The lowest BCUT2D eigenvalue weighted by atomic mass is 10.1. The Bertz CT molecular complexity index is 174. The van der Waals surface area contributed by atoms with Crippen LogP contribution in [0.1, 0.15) is 47.5 Å². The lowest BCUT2D eigenvalue weighted by Crippen LogP contribution is -2.27. The Morgan fingerprint density at radius 1 is 0.938 bits per heavy atom. The third-order valence-corrected chi connectivity index (χ3v) is 2.26. The quantitative estimate of drug-likeness (QED) is 0.571. The van der Waals surface area contributed by atoms with Crippen LogP contribution in [0, 0.1) is 11.8 Å². The van der Waals surface area contributed by atoms with Crippen LogP contribution in [0.5, 0.6) is 0 Å². The van der Waals surface area contributed by atoms with Crippen molar-refractivity contribution < 1.29 is 14.3 Å². The molecule has 96 valence electrons. The van der Waals surface area contributed by atoms with E-state index >= 15 is 0 Å². The summed E-state index contributed by atoms with van der Waals surface area (Å²) in [7, 11) is 0. The van der Waals surface area contributed by atoms with Gasteiger partial charge in [0.25, 0.3) is 0 Å². The van der Waals surface area contributed by atoms with Gasteiger partial charge in [0, 0.05) is 0 Å². The second-order valence-corrected chi connectivity index (χ2v) is 5.05. The molecule has 16 heavy (non-hydrogen) atoms. The van der Waals surface area contributed by atoms with Gasteiger partial charge < -0.3 is 9.47 Å². The zero-order valence-electron chi connectivity index (χ0n) is 11.3. The first-order valence-electron chi connectivity index (χ1n) is 6.17. The van der Waals surface area contributed by atoms with E-state index in [2.05, 4.69) is 27.7 Å². The van der Waals surface area contributed by atoms with Gasteiger partial charge in [0.15, 0.2) is 5.78 Å². The van der Waals surface area contributed by atoms with Crippen LogP contribution in [0.2, 0.25) is 0 Å². The van der Waals surface area contributed by atoms with Gasteiger partial charge in [0.05, 0.1) is 13.2 Å². The van der Waals surface area contributed by atoms with Crippen molar-refractivity contribution in [3.63, 3.8) is 0 Å². The predicted molar refractivity (Wildman–Crippen MR) is 65.3 cm³/mol. The molecular formula is C13H26O3. The fourth-order valence-corrected chi connectivity index (χ4v) is 1.10. The highest BCUT2D eigenvalue weighted by molar-refractivity contribution is 5.79. The zero-order valence-corrected chi connectivity index (χ0v) is 11.3. The third-order valence-electron chi connectivity index (χ3n) is 2.26. The van der Waals surface area contributed by atoms with Crippen LogP contribution in [0.25, 0.3) is 0 Å². The number of Topliss-reactive ketones (excluding diaryl/α,β-unsaturated/α-hetero) is 1. The molecule has 0 saturated carbocycles. The molecule has 3 nitrogen and oxygen atoms in total. The predicted octanol–water partition coefficient (Wildman–Crippen LogP) is 3.03. The molecule has 0 aromatic carbocycles. The summed E-state index contributed by atoms with van der Waals surface area (Å²) in [5.74, 6) is 1.12. The standard InChI is InChI=1S/C13H26O3/c1-10(2)6-8-15-13(12(5)14)16-9-7-11(3)4/h10-11,13H,6-9H2,1-5H3. The van der Waals surface area contributed by atoms with E-state index in [-0.39, 0.29) is 5.78 Å². The molecule has 0 amide bonds. The summed E-state index contributed by atoms with van der Waals surface area (Å²) in [5, 5.41) is 0. The van der Waals surface area contributed by atoms with Crippen LogP contribution in [0.15, 0.2) is 0 Å². The minimum absolute atomic E-state index is 0.0486. The van der Waals surface area contributed by atoms with Crippen molar-refractivity contribution in [1.29, 1.82) is 0 Å². The maximum atomic E-state index is 11.2. The highest BCUT2D eigenvalue weighted by atomic mass is 16.7. The minimum atomic E-state index is -0.669. The Hall–Kier alpha value is -0.410. The average Bonchev–Trinajstić information content (AvgIpc) is 2.14. The number of hydrogen-bond acceptors (Lipinski definition) is 3. The summed E-state index contributed by atoms with van der Waals surface area (Å²) in [6.07, 6.45) is 1.24. The molecule has 0 aliphatic heterocycles. The van der Waals surface area contributed by atoms with Gasteiger partial charge in [-0.2, -0.15) is 0 Å². The molecule has 0 saturated heterocycles. The van der Waals surface area contributed by atoms with Crippen molar-refractivity contribution in [3.8, 4) is 0 Å². The summed E-state index contributed by atoms with van der Waals surface area (Å²) in [6, 6.07) is 0. The average molecular weight is 230 g/mol. The molecule has 0 aliphatic carbocycles. The Labute approximate surface area is 99.5 Å². The number of carbonyl (C=O) groups excluding carboxylic acids is 1. The van der Waals surface area contributed by atoms with Gasteiger partial charge in [-0.15, -0.1) is 0 Å². The van der Waals surface area contributed by atoms with E-state index in [0.29, 0.717) is 25.0 Å². The number of carbonyl (C=O) groups is 1. The smallest absolute Gasteiger partial charge is 0.217 e. The number of ketones is 1. The third kappa shape index (κ3) is 8.86. The van der Waals surface area contributed by atoms with Gasteiger partial charge in [0.1, 0.15) is 0 Å². The molecule has 0 aliphatic rings. The topological polar surface area (TPSA) is 35.5 Å². The van der Waals surface area contributed by atoms with Gasteiger partial charge in [-0.1, -0.05) is 27.7 Å². The molecule has 0 aromatic heterocycles. The number of ether oxygens (including phenoxy) is 2. The normalized spacial score (nSPS) is 11.8. The summed E-state index contributed by atoms with van der Waals surface area (Å²) < 4.78 is 10.8. The molecule has 0 N–H and O–H groups in total. The molecule has 0 radical (unpaired) electrons. The first kappa shape index (κ1) is 15.6. The molecule has 0 atom stereocenters. The zero-order chi connectivity index (χ0) is 12.6. The first-order chi connectivity index (χ1) is 7.43. The molecule has 0 fully saturated rings. The van der Waals surface area contributed by atoms with Gasteiger partial charge in [0.2, 0.25) is 6.29 Å². The van der Waals surface area contributed by atoms with E-state index < -0.39 is 6.29 Å². The SMILES string of the molecule is CC(=O)C(OCCC(C)C)OCCC(C)C. The molecule has 0 aromatic rings. The number of rotatable bonds is 9. The maximum absolute atomic E-state index is 11.2. The molecule has 0 bridgehead atoms. The van der Waals surface area contributed by atoms with Crippen LogP contribution in [-0.4, -0.2) is 25.3 Å². The van der Waals surface area contributed by atoms with Crippen molar-refractivity contribution in [2.24, 2.45) is 11.8 Å². The lowest BCUT2D eigenvalue weighted by Gasteiger charge is -2.17. The Morgan fingerprint density at radius 3 is 1.56 bits per heavy atom. The van der Waals surface area contributed by atoms with Crippen LogP contribution in [-0.2, 0) is 14.3 Å². The van der Waals surface area contributed by atoms with E-state index in [4.69, 9.17) is 9.47 Å². The fraction of sp³-hybridized carbons (Fsp3) is 0.923. The van der Waals surface area contributed by atoms with E-state index in [9.17, 15) is 4.79 Å². The Kier molecular flexibility index (Phi) is 8.49. The summed E-state index contributed by atoms with van der Waals surface area (Å²) in [4.78, 5) is 11.2. The van der Waals surface area contributed by atoms with Crippen LogP contribution >= 0.6 is 0 Å². The second kappa shape index (κ2) is 8.71. The van der Waals surface area contributed by atoms with Gasteiger partial charge in [-0.3, -0.25) is 4.79 Å². The highest BCUT2D eigenvalue weighted by Crippen LogP contribution is 2.06. The van der Waals surface area contributed by atoms with Crippen LogP contribution < -0.4 is 0 Å². The van der Waals surface area contributed by atoms with E-state index in [1.807, 2.05) is 0 Å². The monoisotopic (exact) mass is 230 g/mol. The lowest BCUT2D eigenvalue weighted by molar-refractivity contribution is -0.169. The molecule has 3 heteroatoms. The summed E-state index contributed by atoms with van der Waals surface area (Å²) in [5.41, 5.74) is 0. The van der Waals surface area contributed by atoms with Crippen molar-refractivity contribution >= 4 is 5.78 Å². The van der Waals surface area contributed by atoms with Gasteiger partial charge >= 0.3 is 0 Å². The van der Waals surface area contributed by atoms with Crippen LogP contribution in [0.3, 0.4) is 0 Å². The van der Waals surface area contributed by atoms with Crippen LogP contribution in [0.4, 0.5) is 0 Å². The Morgan fingerprint density at radius 2 is 1.31 bits per heavy atom. The maximum Gasteiger partial charge on any atom is 0.217 e.